The first-order valence-corrected chi connectivity index (χ1v) is 6.84. The van der Waals surface area contributed by atoms with Crippen molar-refractivity contribution in [3.8, 4) is 5.75 Å². The second-order valence-corrected chi connectivity index (χ2v) is 4.44. The highest BCUT2D eigenvalue weighted by Gasteiger charge is 2.18. The minimum Gasteiger partial charge on any atom is -0.481 e. The molecular weight excluding hydrogens is 240 g/mol. The van der Waals surface area contributed by atoms with Crippen LogP contribution in [0.3, 0.4) is 0 Å². The third kappa shape index (κ3) is 4.24. The first kappa shape index (κ1) is 15.5. The van der Waals surface area contributed by atoms with E-state index in [0.717, 1.165) is 17.7 Å². The van der Waals surface area contributed by atoms with Crippen molar-refractivity contribution in [2.24, 2.45) is 0 Å². The van der Waals surface area contributed by atoms with Crippen LogP contribution < -0.4 is 15.4 Å². The van der Waals surface area contributed by atoms with Crippen molar-refractivity contribution < 1.29 is 9.53 Å². The van der Waals surface area contributed by atoms with E-state index in [1.54, 1.807) is 6.92 Å². The molecule has 0 radical (unpaired) electrons. The number of rotatable bonds is 7. The summed E-state index contributed by atoms with van der Waals surface area (Å²) in [6.45, 7) is 6.39. The zero-order valence-electron chi connectivity index (χ0n) is 12.2. The molecule has 0 aliphatic heterocycles. The number of benzene rings is 1. The number of likely N-dealkylation sites (N-methyl/N-ethyl adjacent to an activating group) is 1. The molecule has 1 aromatic carbocycles. The largest absolute Gasteiger partial charge is 0.481 e. The zero-order valence-corrected chi connectivity index (χ0v) is 12.2. The van der Waals surface area contributed by atoms with E-state index in [2.05, 4.69) is 17.6 Å². The van der Waals surface area contributed by atoms with Crippen molar-refractivity contribution in [1.29, 1.82) is 0 Å². The van der Waals surface area contributed by atoms with Gasteiger partial charge >= 0.3 is 0 Å². The lowest BCUT2D eigenvalue weighted by atomic mass is 10.0. The number of nitrogens with one attached hydrogen (secondary N) is 2. The highest BCUT2D eigenvalue weighted by atomic mass is 16.5. The molecule has 4 heteroatoms. The minimum atomic E-state index is -0.490. The molecule has 0 heterocycles. The number of hydrogen-bond donors (Lipinski definition) is 2. The van der Waals surface area contributed by atoms with Gasteiger partial charge in [-0.15, -0.1) is 0 Å². The van der Waals surface area contributed by atoms with E-state index in [-0.39, 0.29) is 11.9 Å². The Balaban J connectivity index is 2.86. The molecule has 1 amide bonds. The van der Waals surface area contributed by atoms with Gasteiger partial charge in [-0.1, -0.05) is 25.1 Å². The Kier molecular flexibility index (Phi) is 6.36. The highest BCUT2D eigenvalue weighted by Crippen LogP contribution is 2.27. The molecule has 106 valence electrons. The van der Waals surface area contributed by atoms with Gasteiger partial charge in [-0.25, -0.2) is 0 Å². The maximum Gasteiger partial charge on any atom is 0.260 e. The fourth-order valence-electron chi connectivity index (χ4n) is 2.02. The predicted octanol–water partition coefficient (Wildman–Crippen LogP) is 2.26. The lowest BCUT2D eigenvalue weighted by Crippen LogP contribution is -2.36. The number of carbonyl (C=O) groups is 1. The van der Waals surface area contributed by atoms with E-state index >= 15 is 0 Å². The van der Waals surface area contributed by atoms with Gasteiger partial charge in [-0.05, 0) is 33.4 Å². The number of carbonyl (C=O) groups excluding carboxylic acids is 1. The van der Waals surface area contributed by atoms with E-state index in [1.807, 2.05) is 38.2 Å². The second kappa shape index (κ2) is 7.79. The van der Waals surface area contributed by atoms with Gasteiger partial charge in [0.15, 0.2) is 6.10 Å². The Hall–Kier alpha value is -1.55. The van der Waals surface area contributed by atoms with Crippen LogP contribution in [0.25, 0.3) is 0 Å². The molecule has 0 aromatic heterocycles. The smallest absolute Gasteiger partial charge is 0.260 e. The molecule has 1 rings (SSSR count). The molecule has 2 unspecified atom stereocenters. The van der Waals surface area contributed by atoms with Crippen LogP contribution >= 0.6 is 0 Å². The molecule has 0 aliphatic rings. The third-order valence-electron chi connectivity index (χ3n) is 3.08. The van der Waals surface area contributed by atoms with Crippen LogP contribution in [0, 0.1) is 0 Å². The minimum absolute atomic E-state index is 0.0881. The van der Waals surface area contributed by atoms with Crippen LogP contribution in [-0.4, -0.2) is 25.6 Å². The molecular formula is C15H24N2O2. The average Bonchev–Trinajstić information content (AvgIpc) is 2.42. The highest BCUT2D eigenvalue weighted by molar-refractivity contribution is 5.80. The van der Waals surface area contributed by atoms with Gasteiger partial charge in [-0.2, -0.15) is 0 Å². The van der Waals surface area contributed by atoms with E-state index in [4.69, 9.17) is 4.74 Å². The predicted molar refractivity (Wildman–Crippen MR) is 77.3 cm³/mol. The Bertz CT molecular complexity index is 403. The van der Waals surface area contributed by atoms with Crippen molar-refractivity contribution in [1.82, 2.24) is 10.6 Å². The first-order chi connectivity index (χ1) is 9.13. The van der Waals surface area contributed by atoms with E-state index in [0.29, 0.717) is 6.54 Å². The molecule has 19 heavy (non-hydrogen) atoms. The molecule has 0 bridgehead atoms. The Labute approximate surface area is 115 Å². The van der Waals surface area contributed by atoms with Crippen LogP contribution in [0.15, 0.2) is 24.3 Å². The summed E-state index contributed by atoms with van der Waals surface area (Å²) in [4.78, 5) is 11.7. The van der Waals surface area contributed by atoms with Crippen molar-refractivity contribution >= 4 is 5.91 Å². The van der Waals surface area contributed by atoms with Crippen LogP contribution in [-0.2, 0) is 4.79 Å². The van der Waals surface area contributed by atoms with Crippen LogP contribution in [0.5, 0.6) is 5.75 Å². The SMILES string of the molecule is CCNC(=O)C(C)Oc1ccccc1C(CC)NC. The van der Waals surface area contributed by atoms with E-state index in [9.17, 15) is 4.79 Å². The quantitative estimate of drug-likeness (QED) is 0.794. The monoisotopic (exact) mass is 264 g/mol. The van der Waals surface area contributed by atoms with Gasteiger partial charge in [-0.3, -0.25) is 4.79 Å². The van der Waals surface area contributed by atoms with Crippen molar-refractivity contribution in [2.75, 3.05) is 13.6 Å². The van der Waals surface area contributed by atoms with Crippen molar-refractivity contribution in [3.05, 3.63) is 29.8 Å². The summed E-state index contributed by atoms with van der Waals surface area (Å²) in [6, 6.07) is 8.08. The number of ether oxygens (including phenoxy) is 1. The summed E-state index contributed by atoms with van der Waals surface area (Å²) in [6.07, 6.45) is 0.474. The molecule has 2 N–H and O–H groups in total. The zero-order chi connectivity index (χ0) is 14.3. The number of amides is 1. The fourth-order valence-corrected chi connectivity index (χ4v) is 2.02. The lowest BCUT2D eigenvalue weighted by Gasteiger charge is -2.21. The second-order valence-electron chi connectivity index (χ2n) is 4.44. The molecule has 0 saturated heterocycles. The summed E-state index contributed by atoms with van der Waals surface area (Å²) >= 11 is 0. The van der Waals surface area contributed by atoms with Crippen molar-refractivity contribution in [2.45, 2.75) is 39.3 Å². The van der Waals surface area contributed by atoms with E-state index < -0.39 is 6.10 Å². The Morgan fingerprint density at radius 3 is 2.58 bits per heavy atom. The normalized spacial score (nSPS) is 13.7. The summed E-state index contributed by atoms with van der Waals surface area (Å²) in [5, 5.41) is 6.02. The Morgan fingerprint density at radius 1 is 1.32 bits per heavy atom. The molecule has 4 nitrogen and oxygen atoms in total. The summed E-state index contributed by atoms with van der Waals surface area (Å²) in [5.74, 6) is 0.678. The van der Waals surface area contributed by atoms with Gasteiger partial charge in [0.1, 0.15) is 5.75 Å². The van der Waals surface area contributed by atoms with Gasteiger partial charge < -0.3 is 15.4 Å². The van der Waals surface area contributed by atoms with Gasteiger partial charge in [0.25, 0.3) is 5.91 Å². The maximum absolute atomic E-state index is 11.7. The maximum atomic E-state index is 11.7. The van der Waals surface area contributed by atoms with Gasteiger partial charge in [0, 0.05) is 18.2 Å². The molecule has 0 aliphatic carbocycles. The van der Waals surface area contributed by atoms with Crippen LogP contribution in [0.2, 0.25) is 0 Å². The fraction of sp³-hybridized carbons (Fsp3) is 0.533. The molecule has 1 aromatic rings. The van der Waals surface area contributed by atoms with Crippen LogP contribution in [0.4, 0.5) is 0 Å². The first-order valence-electron chi connectivity index (χ1n) is 6.84. The van der Waals surface area contributed by atoms with Gasteiger partial charge in [0.05, 0.1) is 0 Å². The molecule has 0 fully saturated rings. The summed E-state index contributed by atoms with van der Waals surface area (Å²) in [5.41, 5.74) is 1.09. The van der Waals surface area contributed by atoms with Crippen LogP contribution in [0.1, 0.15) is 38.8 Å². The molecule has 0 spiro atoms. The van der Waals surface area contributed by atoms with Crippen molar-refractivity contribution in [3.63, 3.8) is 0 Å². The summed E-state index contributed by atoms with van der Waals surface area (Å²) < 4.78 is 5.79. The average molecular weight is 264 g/mol. The molecule has 0 saturated carbocycles. The summed E-state index contributed by atoms with van der Waals surface area (Å²) in [7, 11) is 1.93. The standard InChI is InChI=1S/C15H24N2O2/c1-5-13(16-4)12-9-7-8-10-14(12)19-11(3)15(18)17-6-2/h7-11,13,16H,5-6H2,1-4H3,(H,17,18). The lowest BCUT2D eigenvalue weighted by molar-refractivity contribution is -0.127. The third-order valence-corrected chi connectivity index (χ3v) is 3.08. The van der Waals surface area contributed by atoms with E-state index in [1.165, 1.54) is 0 Å². The number of hydrogen-bond acceptors (Lipinski definition) is 3. The van der Waals surface area contributed by atoms with Gasteiger partial charge in [0.2, 0.25) is 0 Å². The molecule has 2 atom stereocenters. The topological polar surface area (TPSA) is 50.4 Å². The Morgan fingerprint density at radius 2 is 2.00 bits per heavy atom. The number of para-hydroxylation sites is 1.